The number of nitriles is 1. The monoisotopic (exact) mass is 221 g/mol. The van der Waals surface area contributed by atoms with E-state index in [2.05, 4.69) is 23.2 Å². The minimum Gasteiger partial charge on any atom is -0.329 e. The molecule has 0 saturated heterocycles. The standard InChI is InChI=1S/C14H11N3/c15-8-11-6-7-14-16-13(10-17(14)9-11)12-4-2-1-3-5-12/h1-7,9,13H,10H2/t13-/m0/s1. The molecule has 82 valence electrons. The molecule has 3 heteroatoms. The van der Waals surface area contributed by atoms with Crippen LogP contribution in [0, 0.1) is 11.3 Å². The molecule has 0 aliphatic carbocycles. The van der Waals surface area contributed by atoms with E-state index in [-0.39, 0.29) is 6.04 Å². The molecule has 0 aromatic heterocycles. The molecule has 2 aliphatic heterocycles. The minimum atomic E-state index is 0.171. The fourth-order valence-electron chi connectivity index (χ4n) is 2.11. The van der Waals surface area contributed by atoms with Crippen LogP contribution in [0.25, 0.3) is 0 Å². The second-order valence-corrected chi connectivity index (χ2v) is 4.10. The number of nitrogens with zero attached hydrogens (tertiary/aromatic N) is 3. The number of amidine groups is 1. The Hall–Kier alpha value is -2.34. The van der Waals surface area contributed by atoms with Gasteiger partial charge in [0.15, 0.2) is 0 Å². The maximum Gasteiger partial charge on any atom is 0.128 e. The first kappa shape index (κ1) is 9.86. The molecular formula is C14H11N3. The lowest BCUT2D eigenvalue weighted by atomic mass is 10.1. The largest absolute Gasteiger partial charge is 0.329 e. The van der Waals surface area contributed by atoms with Gasteiger partial charge in [-0.2, -0.15) is 5.26 Å². The maximum atomic E-state index is 8.86. The summed E-state index contributed by atoms with van der Waals surface area (Å²) in [6.45, 7) is 0.814. The molecule has 0 radical (unpaired) electrons. The number of hydrogen-bond donors (Lipinski definition) is 0. The van der Waals surface area contributed by atoms with Crippen molar-refractivity contribution in [1.29, 1.82) is 5.26 Å². The van der Waals surface area contributed by atoms with Crippen molar-refractivity contribution in [1.82, 2.24) is 4.90 Å². The van der Waals surface area contributed by atoms with E-state index in [4.69, 9.17) is 5.26 Å². The molecular weight excluding hydrogens is 210 g/mol. The van der Waals surface area contributed by atoms with Crippen molar-refractivity contribution >= 4 is 5.84 Å². The quantitative estimate of drug-likeness (QED) is 0.730. The lowest BCUT2D eigenvalue weighted by Gasteiger charge is -2.17. The van der Waals surface area contributed by atoms with Gasteiger partial charge < -0.3 is 4.90 Å². The molecule has 0 N–H and O–H groups in total. The Bertz CT molecular complexity index is 561. The molecule has 3 nitrogen and oxygen atoms in total. The Morgan fingerprint density at radius 3 is 2.82 bits per heavy atom. The van der Waals surface area contributed by atoms with Gasteiger partial charge >= 0.3 is 0 Å². The average molecular weight is 221 g/mol. The molecule has 2 aliphatic rings. The van der Waals surface area contributed by atoms with E-state index in [1.807, 2.05) is 41.5 Å². The van der Waals surface area contributed by atoms with Gasteiger partial charge in [-0.1, -0.05) is 30.3 Å². The summed E-state index contributed by atoms with van der Waals surface area (Å²) < 4.78 is 0. The molecule has 0 spiro atoms. The van der Waals surface area contributed by atoms with Crippen LogP contribution >= 0.6 is 0 Å². The number of aliphatic imine (C=N–C) groups is 1. The predicted octanol–water partition coefficient (Wildman–Crippen LogP) is 2.42. The van der Waals surface area contributed by atoms with Gasteiger partial charge in [0.2, 0.25) is 0 Å². The van der Waals surface area contributed by atoms with Gasteiger partial charge in [-0.3, -0.25) is 4.99 Å². The zero-order chi connectivity index (χ0) is 11.7. The van der Waals surface area contributed by atoms with Crippen LogP contribution in [-0.2, 0) is 0 Å². The van der Waals surface area contributed by atoms with Crippen LogP contribution in [0.4, 0.5) is 0 Å². The van der Waals surface area contributed by atoms with Gasteiger partial charge in [-0.05, 0) is 17.7 Å². The van der Waals surface area contributed by atoms with Crippen molar-refractivity contribution < 1.29 is 0 Å². The second kappa shape index (κ2) is 3.91. The smallest absolute Gasteiger partial charge is 0.128 e. The zero-order valence-electron chi connectivity index (χ0n) is 9.24. The van der Waals surface area contributed by atoms with Crippen molar-refractivity contribution in [2.75, 3.05) is 6.54 Å². The van der Waals surface area contributed by atoms with Gasteiger partial charge in [0.05, 0.1) is 18.2 Å². The van der Waals surface area contributed by atoms with E-state index in [1.54, 1.807) is 0 Å². The van der Waals surface area contributed by atoms with Crippen LogP contribution in [0.2, 0.25) is 0 Å². The number of hydrogen-bond acceptors (Lipinski definition) is 3. The highest BCUT2D eigenvalue weighted by molar-refractivity contribution is 5.97. The van der Waals surface area contributed by atoms with Gasteiger partial charge in [-0.25, -0.2) is 0 Å². The highest BCUT2D eigenvalue weighted by Crippen LogP contribution is 2.27. The van der Waals surface area contributed by atoms with Crippen molar-refractivity contribution in [3.63, 3.8) is 0 Å². The molecule has 17 heavy (non-hydrogen) atoms. The third-order valence-electron chi connectivity index (χ3n) is 2.97. The van der Waals surface area contributed by atoms with Gasteiger partial charge in [0.25, 0.3) is 0 Å². The van der Waals surface area contributed by atoms with Crippen molar-refractivity contribution in [3.05, 3.63) is 59.8 Å². The Morgan fingerprint density at radius 2 is 2.06 bits per heavy atom. The topological polar surface area (TPSA) is 39.4 Å². The summed E-state index contributed by atoms with van der Waals surface area (Å²) in [6.07, 6.45) is 5.58. The molecule has 0 bridgehead atoms. The van der Waals surface area contributed by atoms with Gasteiger partial charge in [0.1, 0.15) is 11.9 Å². The summed E-state index contributed by atoms with van der Waals surface area (Å²) >= 11 is 0. The minimum absolute atomic E-state index is 0.171. The Balaban J connectivity index is 1.88. The predicted molar refractivity (Wildman–Crippen MR) is 66.2 cm³/mol. The SMILES string of the molecule is N#CC1=CN2C[C@@H](c3ccccc3)N=C2C=C1. The van der Waals surface area contributed by atoms with Gasteiger partial charge in [-0.15, -0.1) is 0 Å². The number of rotatable bonds is 1. The lowest BCUT2D eigenvalue weighted by Crippen LogP contribution is -2.23. The van der Waals surface area contributed by atoms with Crippen molar-refractivity contribution in [2.24, 2.45) is 4.99 Å². The maximum absolute atomic E-state index is 8.86. The molecule has 3 rings (SSSR count). The van der Waals surface area contributed by atoms with E-state index < -0.39 is 0 Å². The van der Waals surface area contributed by atoms with Crippen LogP contribution in [-0.4, -0.2) is 17.3 Å². The molecule has 1 aromatic carbocycles. The Morgan fingerprint density at radius 1 is 1.24 bits per heavy atom. The fraction of sp³-hybridized carbons (Fsp3) is 0.143. The molecule has 1 atom stereocenters. The van der Waals surface area contributed by atoms with E-state index >= 15 is 0 Å². The van der Waals surface area contributed by atoms with Crippen LogP contribution in [0.1, 0.15) is 11.6 Å². The van der Waals surface area contributed by atoms with E-state index in [1.165, 1.54) is 5.56 Å². The van der Waals surface area contributed by atoms with Gasteiger partial charge in [0, 0.05) is 6.20 Å². The molecule has 0 saturated carbocycles. The first-order valence-corrected chi connectivity index (χ1v) is 5.56. The highest BCUT2D eigenvalue weighted by Gasteiger charge is 2.25. The summed E-state index contributed by atoms with van der Waals surface area (Å²) in [7, 11) is 0. The molecule has 2 heterocycles. The number of benzene rings is 1. The van der Waals surface area contributed by atoms with E-state index in [9.17, 15) is 0 Å². The third-order valence-corrected chi connectivity index (χ3v) is 2.97. The Labute approximate surface area is 100 Å². The third kappa shape index (κ3) is 1.74. The summed E-state index contributed by atoms with van der Waals surface area (Å²) in [5.41, 5.74) is 1.90. The first-order chi connectivity index (χ1) is 8.36. The summed E-state index contributed by atoms with van der Waals surface area (Å²) in [5, 5.41) is 8.86. The molecule has 0 fully saturated rings. The normalized spacial score (nSPS) is 21.6. The molecule has 0 unspecified atom stereocenters. The van der Waals surface area contributed by atoms with Crippen molar-refractivity contribution in [3.8, 4) is 6.07 Å². The fourth-order valence-corrected chi connectivity index (χ4v) is 2.11. The first-order valence-electron chi connectivity index (χ1n) is 5.56. The average Bonchev–Trinajstić information content (AvgIpc) is 2.82. The Kier molecular flexibility index (Phi) is 2.27. The lowest BCUT2D eigenvalue weighted by molar-refractivity contribution is 0.548. The van der Waals surface area contributed by atoms with Crippen LogP contribution in [0.5, 0.6) is 0 Å². The van der Waals surface area contributed by atoms with E-state index in [0.717, 1.165) is 12.4 Å². The summed E-state index contributed by atoms with van der Waals surface area (Å²) in [5.74, 6) is 0.942. The van der Waals surface area contributed by atoms with Crippen LogP contribution in [0.3, 0.4) is 0 Å². The highest BCUT2D eigenvalue weighted by atomic mass is 15.2. The number of allylic oxidation sites excluding steroid dienone is 2. The molecule has 0 amide bonds. The van der Waals surface area contributed by atoms with Crippen LogP contribution in [0.15, 0.2) is 59.2 Å². The van der Waals surface area contributed by atoms with Crippen molar-refractivity contribution in [2.45, 2.75) is 6.04 Å². The zero-order valence-corrected chi connectivity index (χ0v) is 9.24. The summed E-state index contributed by atoms with van der Waals surface area (Å²) in [4.78, 5) is 6.69. The second-order valence-electron chi connectivity index (χ2n) is 4.10. The van der Waals surface area contributed by atoms with Crippen LogP contribution < -0.4 is 0 Å². The number of fused-ring (bicyclic) bond motifs is 1. The van der Waals surface area contributed by atoms with E-state index in [0.29, 0.717) is 5.57 Å². The molecule has 1 aromatic rings. The summed E-state index contributed by atoms with van der Waals surface area (Å²) in [6, 6.07) is 12.6.